The molecular formula is C22H21FN4O. The fourth-order valence-electron chi connectivity index (χ4n) is 2.51. The molecule has 0 unspecified atom stereocenters. The summed E-state index contributed by atoms with van der Waals surface area (Å²) in [5.41, 5.74) is 4.43. The van der Waals surface area contributed by atoms with Crippen LogP contribution in [0.15, 0.2) is 72.0 Å². The minimum Gasteiger partial charge on any atom is -0.326 e. The van der Waals surface area contributed by atoms with Gasteiger partial charge < -0.3 is 5.32 Å². The Kier molecular flexibility index (Phi) is 6.11. The number of nitrogens with one attached hydrogen (secondary N) is 2. The van der Waals surface area contributed by atoms with Gasteiger partial charge in [-0.25, -0.2) is 9.38 Å². The van der Waals surface area contributed by atoms with E-state index >= 15 is 0 Å². The molecule has 28 heavy (non-hydrogen) atoms. The second-order valence-corrected chi connectivity index (χ2v) is 6.41. The molecule has 0 radical (unpaired) electrons. The summed E-state index contributed by atoms with van der Waals surface area (Å²) in [5, 5.41) is 5.93. The molecule has 1 heterocycles. The van der Waals surface area contributed by atoms with Crippen LogP contribution in [-0.2, 0) is 6.54 Å². The Labute approximate surface area is 163 Å². The molecule has 0 bridgehead atoms. The molecule has 0 saturated heterocycles. The predicted molar refractivity (Wildman–Crippen MR) is 109 cm³/mol. The molecule has 0 aliphatic heterocycles. The van der Waals surface area contributed by atoms with Crippen LogP contribution in [0.4, 0.5) is 10.1 Å². The number of halogens is 1. The molecule has 0 spiro atoms. The van der Waals surface area contributed by atoms with E-state index in [4.69, 9.17) is 0 Å². The highest BCUT2D eigenvalue weighted by Gasteiger charge is 2.10. The lowest BCUT2D eigenvalue weighted by Crippen LogP contribution is -2.36. The van der Waals surface area contributed by atoms with Gasteiger partial charge in [0, 0.05) is 23.6 Å². The van der Waals surface area contributed by atoms with Gasteiger partial charge in [-0.2, -0.15) is 0 Å². The van der Waals surface area contributed by atoms with Crippen LogP contribution >= 0.6 is 0 Å². The van der Waals surface area contributed by atoms with Crippen LogP contribution in [0.2, 0.25) is 0 Å². The number of amides is 1. The molecule has 0 atom stereocenters. The zero-order chi connectivity index (χ0) is 19.9. The molecule has 0 aliphatic rings. The van der Waals surface area contributed by atoms with E-state index in [9.17, 15) is 9.18 Å². The maximum absolute atomic E-state index is 13.1. The summed E-state index contributed by atoms with van der Waals surface area (Å²) in [6.07, 6.45) is 3.39. The van der Waals surface area contributed by atoms with E-state index in [-0.39, 0.29) is 5.91 Å². The van der Waals surface area contributed by atoms with E-state index in [0.717, 1.165) is 16.8 Å². The topological polar surface area (TPSA) is 66.4 Å². The maximum Gasteiger partial charge on any atom is 0.257 e. The van der Waals surface area contributed by atoms with Crippen LogP contribution < -0.4 is 10.6 Å². The van der Waals surface area contributed by atoms with Crippen LogP contribution in [0, 0.1) is 19.7 Å². The first-order valence-electron chi connectivity index (χ1n) is 8.86. The zero-order valence-corrected chi connectivity index (χ0v) is 15.7. The Bertz CT molecular complexity index is 985. The van der Waals surface area contributed by atoms with Crippen molar-refractivity contribution in [2.24, 2.45) is 4.99 Å². The molecule has 0 fully saturated rings. The highest BCUT2D eigenvalue weighted by Crippen LogP contribution is 2.14. The van der Waals surface area contributed by atoms with Gasteiger partial charge in [-0.1, -0.05) is 6.07 Å². The van der Waals surface area contributed by atoms with Gasteiger partial charge in [0.1, 0.15) is 5.82 Å². The Hall–Kier alpha value is -3.54. The number of carbonyl (C=O) groups is 1. The second kappa shape index (κ2) is 8.90. The van der Waals surface area contributed by atoms with Crippen molar-refractivity contribution in [3.8, 4) is 0 Å². The first-order chi connectivity index (χ1) is 13.5. The fraction of sp³-hybridized carbons (Fsp3) is 0.136. The van der Waals surface area contributed by atoms with Gasteiger partial charge >= 0.3 is 0 Å². The Morgan fingerprint density at radius 3 is 2.39 bits per heavy atom. The average molecular weight is 376 g/mol. The lowest BCUT2D eigenvalue weighted by Gasteiger charge is -2.13. The van der Waals surface area contributed by atoms with E-state index in [1.54, 1.807) is 12.4 Å². The number of aryl methyl sites for hydroxylation is 2. The Morgan fingerprint density at radius 2 is 1.71 bits per heavy atom. The van der Waals surface area contributed by atoms with E-state index in [0.29, 0.717) is 18.1 Å². The molecule has 0 saturated carbocycles. The number of rotatable bonds is 4. The summed E-state index contributed by atoms with van der Waals surface area (Å²) in [6.45, 7) is 4.43. The van der Waals surface area contributed by atoms with Gasteiger partial charge in [-0.3, -0.25) is 15.1 Å². The number of pyridine rings is 1. The molecule has 1 amide bonds. The third-order valence-electron chi connectivity index (χ3n) is 4.28. The zero-order valence-electron chi connectivity index (χ0n) is 15.7. The maximum atomic E-state index is 13.1. The van der Waals surface area contributed by atoms with Gasteiger partial charge in [-0.05, 0) is 79.1 Å². The number of anilines is 1. The number of guanidine groups is 1. The SMILES string of the molecule is Cc1ccc(NC(=NCc2ccncc2)NC(=O)c2ccc(F)cc2)cc1C. The largest absolute Gasteiger partial charge is 0.326 e. The van der Waals surface area contributed by atoms with Crippen molar-refractivity contribution in [2.45, 2.75) is 20.4 Å². The van der Waals surface area contributed by atoms with Crippen LogP contribution in [0.25, 0.3) is 0 Å². The van der Waals surface area contributed by atoms with Crippen LogP contribution in [0.1, 0.15) is 27.0 Å². The Morgan fingerprint density at radius 1 is 1.00 bits per heavy atom. The number of aromatic nitrogens is 1. The number of benzene rings is 2. The smallest absolute Gasteiger partial charge is 0.257 e. The lowest BCUT2D eigenvalue weighted by molar-refractivity contribution is 0.0977. The van der Waals surface area contributed by atoms with E-state index < -0.39 is 5.82 Å². The summed E-state index contributed by atoms with van der Waals surface area (Å²) in [5.74, 6) is -0.449. The summed E-state index contributed by atoms with van der Waals surface area (Å²) in [7, 11) is 0. The van der Waals surface area contributed by atoms with Crippen molar-refractivity contribution >= 4 is 17.6 Å². The van der Waals surface area contributed by atoms with Crippen LogP contribution in [-0.4, -0.2) is 16.9 Å². The monoisotopic (exact) mass is 376 g/mol. The van der Waals surface area contributed by atoms with Gasteiger partial charge in [0.25, 0.3) is 5.91 Å². The second-order valence-electron chi connectivity index (χ2n) is 6.41. The molecule has 6 heteroatoms. The molecular weight excluding hydrogens is 355 g/mol. The molecule has 0 aliphatic carbocycles. The number of aliphatic imine (C=N–C) groups is 1. The molecule has 3 aromatic rings. The Balaban J connectivity index is 1.81. The number of hydrogen-bond donors (Lipinski definition) is 2. The van der Waals surface area contributed by atoms with Gasteiger partial charge in [0.15, 0.2) is 0 Å². The standard InChI is InChI=1S/C22H21FN4O/c1-15-3-8-20(13-16(15)2)26-22(25-14-17-9-11-24-12-10-17)27-21(28)18-4-6-19(23)7-5-18/h3-13H,14H2,1-2H3,(H2,25,26,27,28). The molecule has 142 valence electrons. The summed E-state index contributed by atoms with van der Waals surface area (Å²) in [4.78, 5) is 21.0. The minimum atomic E-state index is -0.392. The van der Waals surface area contributed by atoms with E-state index in [1.165, 1.54) is 29.8 Å². The van der Waals surface area contributed by atoms with Crippen LogP contribution in [0.5, 0.6) is 0 Å². The number of hydrogen-bond acceptors (Lipinski definition) is 3. The first-order valence-corrected chi connectivity index (χ1v) is 8.86. The summed E-state index contributed by atoms with van der Waals surface area (Å²) < 4.78 is 13.1. The number of nitrogens with zero attached hydrogens (tertiary/aromatic N) is 2. The van der Waals surface area contributed by atoms with E-state index in [1.807, 2.05) is 44.2 Å². The third-order valence-corrected chi connectivity index (χ3v) is 4.28. The molecule has 5 nitrogen and oxygen atoms in total. The minimum absolute atomic E-state index is 0.314. The van der Waals surface area contributed by atoms with Crippen molar-refractivity contribution in [3.63, 3.8) is 0 Å². The normalized spacial score (nSPS) is 11.2. The predicted octanol–water partition coefficient (Wildman–Crippen LogP) is 4.24. The first kappa shape index (κ1) is 19.2. The molecule has 2 N–H and O–H groups in total. The summed E-state index contributed by atoms with van der Waals surface area (Å²) in [6, 6.07) is 15.0. The van der Waals surface area contributed by atoms with Crippen molar-refractivity contribution < 1.29 is 9.18 Å². The molecule has 2 aromatic carbocycles. The lowest BCUT2D eigenvalue weighted by atomic mass is 10.1. The number of carbonyl (C=O) groups excluding carboxylic acids is 1. The van der Waals surface area contributed by atoms with Gasteiger partial charge in [0.05, 0.1) is 6.54 Å². The third kappa shape index (κ3) is 5.23. The highest BCUT2D eigenvalue weighted by molar-refractivity contribution is 6.09. The van der Waals surface area contributed by atoms with Crippen molar-refractivity contribution in [1.29, 1.82) is 0 Å². The quantitative estimate of drug-likeness (QED) is 0.529. The van der Waals surface area contributed by atoms with Crippen molar-refractivity contribution in [2.75, 3.05) is 5.32 Å². The van der Waals surface area contributed by atoms with Crippen molar-refractivity contribution in [3.05, 3.63) is 95.1 Å². The van der Waals surface area contributed by atoms with Crippen LogP contribution in [0.3, 0.4) is 0 Å². The average Bonchev–Trinajstić information content (AvgIpc) is 2.70. The molecule has 1 aromatic heterocycles. The fourth-order valence-corrected chi connectivity index (χ4v) is 2.51. The van der Waals surface area contributed by atoms with Crippen molar-refractivity contribution in [1.82, 2.24) is 10.3 Å². The molecule has 3 rings (SSSR count). The van der Waals surface area contributed by atoms with E-state index in [2.05, 4.69) is 20.6 Å². The highest BCUT2D eigenvalue weighted by atomic mass is 19.1. The van der Waals surface area contributed by atoms with Gasteiger partial charge in [0.2, 0.25) is 5.96 Å². The van der Waals surface area contributed by atoms with Gasteiger partial charge in [-0.15, -0.1) is 0 Å². The summed E-state index contributed by atoms with van der Waals surface area (Å²) >= 11 is 0.